The predicted octanol–water partition coefficient (Wildman–Crippen LogP) is 3.10. The summed E-state index contributed by atoms with van der Waals surface area (Å²) in [4.78, 5) is 13.1. The largest absolute Gasteiger partial charge is 0.391 e. The van der Waals surface area contributed by atoms with Crippen LogP contribution in [0, 0.1) is 0 Å². The van der Waals surface area contributed by atoms with Gasteiger partial charge in [-0.3, -0.25) is 4.79 Å². The topological polar surface area (TPSA) is 49.3 Å². The first-order valence-electron chi connectivity index (χ1n) is 6.14. The molecular formula is C14H20ClNO2S. The van der Waals surface area contributed by atoms with Crippen molar-refractivity contribution < 1.29 is 9.90 Å². The lowest BCUT2D eigenvalue weighted by Crippen LogP contribution is -2.53. The Labute approximate surface area is 123 Å². The number of nitrogens with one attached hydrogen (secondary N) is 1. The van der Waals surface area contributed by atoms with Gasteiger partial charge in [0.15, 0.2) is 0 Å². The molecule has 1 aromatic rings. The van der Waals surface area contributed by atoms with E-state index in [0.717, 1.165) is 4.90 Å². The summed E-state index contributed by atoms with van der Waals surface area (Å²) < 4.78 is 0. The van der Waals surface area contributed by atoms with Crippen molar-refractivity contribution in [1.82, 2.24) is 5.32 Å². The lowest BCUT2D eigenvalue weighted by Gasteiger charge is -2.30. The van der Waals surface area contributed by atoms with Crippen molar-refractivity contribution in [3.63, 3.8) is 0 Å². The Balaban J connectivity index is 2.60. The summed E-state index contributed by atoms with van der Waals surface area (Å²) in [6.07, 6.45) is -0.607. The van der Waals surface area contributed by atoms with Gasteiger partial charge in [0.2, 0.25) is 5.91 Å². The fourth-order valence-electron chi connectivity index (χ4n) is 1.29. The highest BCUT2D eigenvalue weighted by atomic mass is 35.5. The van der Waals surface area contributed by atoms with E-state index in [0.29, 0.717) is 5.02 Å². The van der Waals surface area contributed by atoms with E-state index >= 15 is 0 Å². The SMILES string of the molecule is CC(Sc1ccc(Cl)cc1)C(=O)NC(C)(C)C(C)O. The molecule has 0 spiro atoms. The number of halogens is 1. The minimum Gasteiger partial charge on any atom is -0.391 e. The van der Waals surface area contributed by atoms with E-state index < -0.39 is 11.6 Å². The molecule has 2 atom stereocenters. The summed E-state index contributed by atoms with van der Waals surface area (Å²) in [5, 5.41) is 12.9. The molecule has 2 unspecified atom stereocenters. The average Bonchev–Trinajstić information content (AvgIpc) is 2.31. The maximum atomic E-state index is 12.1. The highest BCUT2D eigenvalue weighted by Gasteiger charge is 2.28. The number of carbonyl (C=O) groups is 1. The molecule has 0 bridgehead atoms. The van der Waals surface area contributed by atoms with Crippen LogP contribution < -0.4 is 5.32 Å². The number of thioether (sulfide) groups is 1. The molecule has 106 valence electrons. The minimum absolute atomic E-state index is 0.0918. The Morgan fingerprint density at radius 1 is 1.32 bits per heavy atom. The number of hydrogen-bond donors (Lipinski definition) is 2. The summed E-state index contributed by atoms with van der Waals surface area (Å²) in [6.45, 7) is 7.11. The molecule has 0 saturated heterocycles. The van der Waals surface area contributed by atoms with E-state index in [2.05, 4.69) is 5.32 Å². The smallest absolute Gasteiger partial charge is 0.233 e. The number of carbonyl (C=O) groups excluding carboxylic acids is 1. The summed E-state index contributed by atoms with van der Waals surface area (Å²) in [7, 11) is 0. The third-order valence-corrected chi connectivity index (χ3v) is 4.35. The normalized spacial score (nSPS) is 14.8. The molecule has 0 heterocycles. The van der Waals surface area contributed by atoms with Gasteiger partial charge in [0, 0.05) is 9.92 Å². The summed E-state index contributed by atoms with van der Waals surface area (Å²) in [5.74, 6) is -0.0918. The molecule has 1 rings (SSSR count). The van der Waals surface area contributed by atoms with Crippen molar-refractivity contribution in [2.45, 2.75) is 49.5 Å². The van der Waals surface area contributed by atoms with Crippen LogP contribution in [0.3, 0.4) is 0 Å². The summed E-state index contributed by atoms with van der Waals surface area (Å²) in [5.41, 5.74) is -0.633. The molecule has 0 fully saturated rings. The minimum atomic E-state index is -0.633. The van der Waals surface area contributed by atoms with E-state index in [1.165, 1.54) is 11.8 Å². The molecule has 0 aliphatic rings. The lowest BCUT2D eigenvalue weighted by atomic mass is 9.99. The molecule has 1 aromatic carbocycles. The van der Waals surface area contributed by atoms with Crippen LogP contribution in [0.4, 0.5) is 0 Å². The van der Waals surface area contributed by atoms with Gasteiger partial charge in [-0.15, -0.1) is 11.8 Å². The Kier molecular flexibility index (Phi) is 5.71. The van der Waals surface area contributed by atoms with Crippen LogP contribution in [0.1, 0.15) is 27.7 Å². The average molecular weight is 302 g/mol. The Morgan fingerprint density at radius 3 is 2.32 bits per heavy atom. The van der Waals surface area contributed by atoms with Crippen LogP contribution in [0.15, 0.2) is 29.2 Å². The van der Waals surface area contributed by atoms with Crippen LogP contribution in [0.5, 0.6) is 0 Å². The zero-order chi connectivity index (χ0) is 14.6. The molecule has 2 N–H and O–H groups in total. The number of aliphatic hydroxyl groups is 1. The quantitative estimate of drug-likeness (QED) is 0.822. The molecule has 0 aliphatic carbocycles. The van der Waals surface area contributed by atoms with Gasteiger partial charge in [-0.05, 0) is 52.0 Å². The van der Waals surface area contributed by atoms with Crippen molar-refractivity contribution >= 4 is 29.3 Å². The van der Waals surface area contributed by atoms with Crippen LogP contribution in [0.2, 0.25) is 5.02 Å². The summed E-state index contributed by atoms with van der Waals surface area (Å²) >= 11 is 7.28. The Morgan fingerprint density at radius 2 is 1.84 bits per heavy atom. The molecule has 19 heavy (non-hydrogen) atoms. The molecule has 5 heteroatoms. The molecule has 0 aliphatic heterocycles. The van der Waals surface area contributed by atoms with Crippen molar-refractivity contribution in [3.8, 4) is 0 Å². The molecule has 3 nitrogen and oxygen atoms in total. The zero-order valence-electron chi connectivity index (χ0n) is 11.6. The standard InChI is InChI=1S/C14H20ClNO2S/c1-9(13(18)16-14(3,4)10(2)17)19-12-7-5-11(15)6-8-12/h5-10,17H,1-4H3,(H,16,18). The zero-order valence-corrected chi connectivity index (χ0v) is 13.2. The van der Waals surface area contributed by atoms with Crippen LogP contribution in [0.25, 0.3) is 0 Å². The first-order valence-corrected chi connectivity index (χ1v) is 7.40. The molecular weight excluding hydrogens is 282 g/mol. The third kappa shape index (κ3) is 5.05. The fourth-order valence-corrected chi connectivity index (χ4v) is 2.29. The van der Waals surface area contributed by atoms with Gasteiger partial charge >= 0.3 is 0 Å². The van der Waals surface area contributed by atoms with Crippen LogP contribution in [-0.2, 0) is 4.79 Å². The van der Waals surface area contributed by atoms with Crippen molar-refractivity contribution in [1.29, 1.82) is 0 Å². The molecule has 1 amide bonds. The number of aliphatic hydroxyl groups excluding tert-OH is 1. The van der Waals surface area contributed by atoms with Crippen LogP contribution in [-0.4, -0.2) is 27.9 Å². The van der Waals surface area contributed by atoms with E-state index in [-0.39, 0.29) is 11.2 Å². The molecule has 0 aromatic heterocycles. The predicted molar refractivity (Wildman–Crippen MR) is 80.7 cm³/mol. The number of rotatable bonds is 5. The van der Waals surface area contributed by atoms with Gasteiger partial charge in [-0.2, -0.15) is 0 Å². The van der Waals surface area contributed by atoms with Crippen molar-refractivity contribution in [2.24, 2.45) is 0 Å². The Bertz CT molecular complexity index is 432. The Hall–Kier alpha value is -0.710. The summed E-state index contributed by atoms with van der Waals surface area (Å²) in [6, 6.07) is 7.37. The number of hydrogen-bond acceptors (Lipinski definition) is 3. The highest BCUT2D eigenvalue weighted by molar-refractivity contribution is 8.00. The maximum absolute atomic E-state index is 12.1. The number of amides is 1. The first kappa shape index (κ1) is 16.3. The monoisotopic (exact) mass is 301 g/mol. The first-order chi connectivity index (χ1) is 8.72. The second kappa shape index (κ2) is 6.64. The van der Waals surface area contributed by atoms with E-state index in [1.54, 1.807) is 32.9 Å². The van der Waals surface area contributed by atoms with Gasteiger partial charge in [0.1, 0.15) is 0 Å². The second-order valence-electron chi connectivity index (χ2n) is 5.10. The van der Waals surface area contributed by atoms with Gasteiger partial charge in [-0.1, -0.05) is 11.6 Å². The third-order valence-electron chi connectivity index (χ3n) is 2.99. The molecule has 0 saturated carbocycles. The van der Waals surface area contributed by atoms with Gasteiger partial charge in [-0.25, -0.2) is 0 Å². The van der Waals surface area contributed by atoms with Gasteiger partial charge in [0.25, 0.3) is 0 Å². The highest BCUT2D eigenvalue weighted by Crippen LogP contribution is 2.25. The van der Waals surface area contributed by atoms with Gasteiger partial charge < -0.3 is 10.4 Å². The van der Waals surface area contributed by atoms with Crippen molar-refractivity contribution in [3.05, 3.63) is 29.3 Å². The van der Waals surface area contributed by atoms with Crippen molar-refractivity contribution in [2.75, 3.05) is 0 Å². The van der Waals surface area contributed by atoms with E-state index in [1.807, 2.05) is 19.1 Å². The van der Waals surface area contributed by atoms with E-state index in [9.17, 15) is 9.90 Å². The van der Waals surface area contributed by atoms with Crippen LogP contribution >= 0.6 is 23.4 Å². The lowest BCUT2D eigenvalue weighted by molar-refractivity contribution is -0.123. The van der Waals surface area contributed by atoms with Gasteiger partial charge in [0.05, 0.1) is 16.9 Å². The fraction of sp³-hybridized carbons (Fsp3) is 0.500. The molecule has 0 radical (unpaired) electrons. The van der Waals surface area contributed by atoms with E-state index in [4.69, 9.17) is 11.6 Å². The second-order valence-corrected chi connectivity index (χ2v) is 6.95. The maximum Gasteiger partial charge on any atom is 0.233 e. The number of benzene rings is 1.